The van der Waals surface area contributed by atoms with E-state index in [4.69, 9.17) is 4.74 Å². The molecule has 2 N–H and O–H groups in total. The second kappa shape index (κ2) is 4.82. The topological polar surface area (TPSA) is 75.6 Å². The third kappa shape index (κ3) is 4.18. The van der Waals surface area contributed by atoms with Gasteiger partial charge in [0.05, 0.1) is 0 Å². The molecule has 0 bridgehead atoms. The average molecular weight is 229 g/mol. The van der Waals surface area contributed by atoms with E-state index in [-0.39, 0.29) is 24.3 Å². The Morgan fingerprint density at radius 2 is 2.19 bits per heavy atom. The summed E-state index contributed by atoms with van der Waals surface area (Å²) in [6, 6.07) is -0.116. The van der Waals surface area contributed by atoms with E-state index in [1.54, 1.807) is 0 Å². The van der Waals surface area contributed by atoms with Crippen molar-refractivity contribution < 1.29 is 19.4 Å². The molecule has 1 saturated heterocycles. The molecule has 1 fully saturated rings. The van der Waals surface area contributed by atoms with Gasteiger partial charge in [-0.3, -0.25) is 9.59 Å². The number of carbonyl (C=O) groups excluding carboxylic acids is 2. The lowest BCUT2D eigenvalue weighted by Crippen LogP contribution is -2.29. The third-order valence-corrected chi connectivity index (χ3v) is 2.27. The molecule has 0 radical (unpaired) electrons. The highest BCUT2D eigenvalue weighted by Crippen LogP contribution is 2.15. The van der Waals surface area contributed by atoms with Crippen molar-refractivity contribution in [1.29, 1.82) is 0 Å². The molecule has 1 rings (SSSR count). The van der Waals surface area contributed by atoms with Gasteiger partial charge in [-0.25, -0.2) is 0 Å². The van der Waals surface area contributed by atoms with Gasteiger partial charge in [-0.15, -0.1) is 0 Å². The van der Waals surface area contributed by atoms with E-state index in [0.717, 1.165) is 0 Å². The minimum Gasteiger partial charge on any atom is -0.460 e. The SMILES string of the molecule is CC(C)(C)OC(=O)CCC1CC(O)C(=O)N1. The van der Waals surface area contributed by atoms with Crippen molar-refractivity contribution >= 4 is 11.9 Å². The van der Waals surface area contributed by atoms with E-state index in [9.17, 15) is 14.7 Å². The predicted molar refractivity (Wildman–Crippen MR) is 57.6 cm³/mol. The van der Waals surface area contributed by atoms with Crippen LogP contribution in [0, 0.1) is 0 Å². The molecule has 0 aromatic carbocycles. The van der Waals surface area contributed by atoms with Gasteiger partial charge in [0.1, 0.15) is 11.7 Å². The number of nitrogens with one attached hydrogen (secondary N) is 1. The van der Waals surface area contributed by atoms with Crippen molar-refractivity contribution in [2.45, 2.75) is 57.8 Å². The fourth-order valence-corrected chi connectivity index (χ4v) is 1.61. The molecule has 92 valence electrons. The van der Waals surface area contributed by atoms with E-state index in [1.807, 2.05) is 20.8 Å². The molecule has 1 aliphatic heterocycles. The van der Waals surface area contributed by atoms with E-state index in [2.05, 4.69) is 5.32 Å². The van der Waals surface area contributed by atoms with Gasteiger partial charge in [0, 0.05) is 18.9 Å². The van der Waals surface area contributed by atoms with Gasteiger partial charge in [-0.1, -0.05) is 0 Å². The van der Waals surface area contributed by atoms with Gasteiger partial charge in [-0.2, -0.15) is 0 Å². The van der Waals surface area contributed by atoms with Crippen molar-refractivity contribution in [2.75, 3.05) is 0 Å². The minimum atomic E-state index is -0.927. The summed E-state index contributed by atoms with van der Waals surface area (Å²) < 4.78 is 5.14. The van der Waals surface area contributed by atoms with Gasteiger partial charge < -0.3 is 15.2 Å². The molecule has 2 atom stereocenters. The van der Waals surface area contributed by atoms with Crippen LogP contribution in [0.1, 0.15) is 40.0 Å². The standard InChI is InChI=1S/C11H19NO4/c1-11(2,3)16-9(14)5-4-7-6-8(13)10(15)12-7/h7-8,13H,4-6H2,1-3H3,(H,12,15). The van der Waals surface area contributed by atoms with Crippen molar-refractivity contribution in [3.05, 3.63) is 0 Å². The Labute approximate surface area is 95.2 Å². The zero-order chi connectivity index (χ0) is 12.3. The van der Waals surface area contributed by atoms with Crippen LogP contribution in [0.3, 0.4) is 0 Å². The van der Waals surface area contributed by atoms with E-state index < -0.39 is 11.7 Å². The molecule has 1 aliphatic rings. The maximum atomic E-state index is 11.4. The van der Waals surface area contributed by atoms with Crippen LogP contribution in [-0.2, 0) is 14.3 Å². The molecule has 0 aliphatic carbocycles. The Morgan fingerprint density at radius 1 is 1.56 bits per heavy atom. The van der Waals surface area contributed by atoms with Gasteiger partial charge in [0.2, 0.25) is 5.91 Å². The summed E-state index contributed by atoms with van der Waals surface area (Å²) >= 11 is 0. The van der Waals surface area contributed by atoms with Crippen LogP contribution >= 0.6 is 0 Å². The van der Waals surface area contributed by atoms with Crippen LogP contribution in [0.4, 0.5) is 0 Å². The first-order valence-electron chi connectivity index (χ1n) is 5.48. The minimum absolute atomic E-state index is 0.116. The van der Waals surface area contributed by atoms with Gasteiger partial charge in [-0.05, 0) is 27.2 Å². The fourth-order valence-electron chi connectivity index (χ4n) is 1.61. The number of hydrogen-bond donors (Lipinski definition) is 2. The highest BCUT2D eigenvalue weighted by atomic mass is 16.6. The van der Waals surface area contributed by atoms with E-state index in [0.29, 0.717) is 12.8 Å². The van der Waals surface area contributed by atoms with E-state index in [1.165, 1.54) is 0 Å². The zero-order valence-corrected chi connectivity index (χ0v) is 9.95. The lowest BCUT2D eigenvalue weighted by molar-refractivity contribution is -0.155. The third-order valence-electron chi connectivity index (χ3n) is 2.27. The Morgan fingerprint density at radius 3 is 2.62 bits per heavy atom. The first-order chi connectivity index (χ1) is 7.28. The van der Waals surface area contributed by atoms with Crippen molar-refractivity contribution in [3.63, 3.8) is 0 Å². The van der Waals surface area contributed by atoms with Gasteiger partial charge in [0.15, 0.2) is 0 Å². The van der Waals surface area contributed by atoms with Crippen LogP contribution in [0.5, 0.6) is 0 Å². The summed E-state index contributed by atoms with van der Waals surface area (Å²) in [6.07, 6.45) is 0.220. The number of aliphatic hydroxyl groups excluding tert-OH is 1. The fraction of sp³-hybridized carbons (Fsp3) is 0.818. The second-order valence-corrected chi connectivity index (χ2v) is 5.08. The summed E-state index contributed by atoms with van der Waals surface area (Å²) in [6.45, 7) is 5.43. The van der Waals surface area contributed by atoms with Crippen LogP contribution < -0.4 is 5.32 Å². The number of ether oxygens (including phenoxy) is 1. The van der Waals surface area contributed by atoms with Crippen LogP contribution in [-0.4, -0.2) is 34.7 Å². The molecular weight excluding hydrogens is 210 g/mol. The van der Waals surface area contributed by atoms with Crippen LogP contribution in [0.25, 0.3) is 0 Å². The molecule has 1 heterocycles. The maximum Gasteiger partial charge on any atom is 0.306 e. The second-order valence-electron chi connectivity index (χ2n) is 5.08. The molecule has 0 saturated carbocycles. The predicted octanol–water partition coefficient (Wildman–Crippen LogP) is 0.358. The van der Waals surface area contributed by atoms with Crippen molar-refractivity contribution in [1.82, 2.24) is 5.32 Å². The summed E-state index contributed by atoms with van der Waals surface area (Å²) in [4.78, 5) is 22.4. The number of rotatable bonds is 3. The first kappa shape index (κ1) is 13.0. The van der Waals surface area contributed by atoms with Crippen LogP contribution in [0.15, 0.2) is 0 Å². The zero-order valence-electron chi connectivity index (χ0n) is 9.95. The molecule has 5 nitrogen and oxygen atoms in total. The summed E-state index contributed by atoms with van der Waals surface area (Å²) in [5.74, 6) is -0.627. The Balaban J connectivity index is 2.26. The number of aliphatic hydroxyl groups is 1. The monoisotopic (exact) mass is 229 g/mol. The summed E-state index contributed by atoms with van der Waals surface area (Å²) in [5, 5.41) is 11.8. The highest BCUT2D eigenvalue weighted by Gasteiger charge is 2.30. The Kier molecular flexibility index (Phi) is 3.91. The van der Waals surface area contributed by atoms with Crippen molar-refractivity contribution in [3.8, 4) is 0 Å². The first-order valence-corrected chi connectivity index (χ1v) is 5.48. The van der Waals surface area contributed by atoms with Crippen molar-refractivity contribution in [2.24, 2.45) is 0 Å². The summed E-state index contributed by atoms with van der Waals surface area (Å²) in [7, 11) is 0. The highest BCUT2D eigenvalue weighted by molar-refractivity contribution is 5.83. The molecule has 0 aromatic rings. The molecule has 0 aromatic heterocycles. The number of hydrogen-bond acceptors (Lipinski definition) is 4. The number of amides is 1. The van der Waals surface area contributed by atoms with E-state index >= 15 is 0 Å². The number of esters is 1. The largest absolute Gasteiger partial charge is 0.460 e. The summed E-state index contributed by atoms with van der Waals surface area (Å²) in [5.41, 5.74) is -0.477. The molecular formula is C11H19NO4. The van der Waals surface area contributed by atoms with Gasteiger partial charge >= 0.3 is 5.97 Å². The molecule has 0 spiro atoms. The Hall–Kier alpha value is -1.10. The average Bonchev–Trinajstić information content (AvgIpc) is 2.40. The Bertz CT molecular complexity index is 282. The maximum absolute atomic E-state index is 11.4. The quantitative estimate of drug-likeness (QED) is 0.685. The number of carbonyl (C=O) groups is 2. The molecule has 1 amide bonds. The lowest BCUT2D eigenvalue weighted by Gasteiger charge is -2.20. The molecule has 2 unspecified atom stereocenters. The normalized spacial score (nSPS) is 25.4. The molecule has 5 heteroatoms. The van der Waals surface area contributed by atoms with Gasteiger partial charge in [0.25, 0.3) is 0 Å². The van der Waals surface area contributed by atoms with Crippen LogP contribution in [0.2, 0.25) is 0 Å². The smallest absolute Gasteiger partial charge is 0.306 e. The lowest BCUT2D eigenvalue weighted by atomic mass is 10.1. The molecule has 16 heavy (non-hydrogen) atoms.